The first-order valence-electron chi connectivity index (χ1n) is 6.49. The SMILES string of the molecule is S=C(N/N=C/c1cc2ccccc2[nH]1)N1CCCC1. The molecule has 1 saturated heterocycles. The monoisotopic (exact) mass is 272 g/mol. The number of nitrogens with one attached hydrogen (secondary N) is 2. The second-order valence-electron chi connectivity index (χ2n) is 4.68. The van der Waals surface area contributed by atoms with Gasteiger partial charge in [-0.05, 0) is 37.2 Å². The Labute approximate surface area is 117 Å². The Bertz CT molecular complexity index is 578. The molecule has 2 heterocycles. The summed E-state index contributed by atoms with van der Waals surface area (Å²) in [7, 11) is 0. The van der Waals surface area contributed by atoms with Crippen LogP contribution in [0.25, 0.3) is 10.9 Å². The van der Waals surface area contributed by atoms with Gasteiger partial charge in [0.25, 0.3) is 0 Å². The molecule has 0 saturated carbocycles. The Balaban J connectivity index is 1.64. The van der Waals surface area contributed by atoms with Crippen LogP contribution in [0, 0.1) is 0 Å². The van der Waals surface area contributed by atoms with Crippen LogP contribution >= 0.6 is 12.2 Å². The van der Waals surface area contributed by atoms with Gasteiger partial charge < -0.3 is 9.88 Å². The molecule has 0 atom stereocenters. The van der Waals surface area contributed by atoms with E-state index in [-0.39, 0.29) is 0 Å². The van der Waals surface area contributed by atoms with Crippen molar-refractivity contribution < 1.29 is 0 Å². The van der Waals surface area contributed by atoms with Gasteiger partial charge in [0.2, 0.25) is 0 Å². The third kappa shape index (κ3) is 2.76. The van der Waals surface area contributed by atoms with Crippen LogP contribution in [0.1, 0.15) is 18.5 Å². The number of fused-ring (bicyclic) bond motifs is 1. The fourth-order valence-corrected chi connectivity index (χ4v) is 2.55. The standard InChI is InChI=1S/C14H16N4S/c19-14(18-7-3-4-8-18)17-15-10-12-9-11-5-1-2-6-13(11)16-12/h1-2,5-6,9-10,16H,3-4,7-8H2,(H,17,19)/b15-10+. The average Bonchev–Trinajstić information content (AvgIpc) is 3.07. The molecule has 0 bridgehead atoms. The van der Waals surface area contributed by atoms with E-state index in [0.717, 1.165) is 24.3 Å². The Morgan fingerprint density at radius 3 is 2.89 bits per heavy atom. The van der Waals surface area contributed by atoms with Crippen molar-refractivity contribution in [2.45, 2.75) is 12.8 Å². The molecular weight excluding hydrogens is 256 g/mol. The van der Waals surface area contributed by atoms with E-state index in [9.17, 15) is 0 Å². The second kappa shape index (κ2) is 5.40. The highest BCUT2D eigenvalue weighted by atomic mass is 32.1. The first-order chi connectivity index (χ1) is 9.33. The van der Waals surface area contributed by atoms with Gasteiger partial charge in [-0.2, -0.15) is 5.10 Å². The van der Waals surface area contributed by atoms with E-state index in [4.69, 9.17) is 12.2 Å². The molecule has 0 amide bonds. The average molecular weight is 272 g/mol. The molecule has 2 N–H and O–H groups in total. The van der Waals surface area contributed by atoms with Gasteiger partial charge in [-0.3, -0.25) is 5.43 Å². The molecule has 0 unspecified atom stereocenters. The molecule has 1 aromatic heterocycles. The normalized spacial score (nSPS) is 15.5. The first kappa shape index (κ1) is 12.2. The number of thiocarbonyl (C=S) groups is 1. The lowest BCUT2D eigenvalue weighted by Crippen LogP contribution is -2.34. The molecule has 0 spiro atoms. The van der Waals surface area contributed by atoms with Crippen molar-refractivity contribution in [3.63, 3.8) is 0 Å². The molecule has 1 aromatic carbocycles. The maximum Gasteiger partial charge on any atom is 0.189 e. The zero-order valence-corrected chi connectivity index (χ0v) is 11.4. The van der Waals surface area contributed by atoms with E-state index in [2.05, 4.69) is 38.6 Å². The van der Waals surface area contributed by atoms with Crippen molar-refractivity contribution in [2.24, 2.45) is 5.10 Å². The van der Waals surface area contributed by atoms with E-state index >= 15 is 0 Å². The van der Waals surface area contributed by atoms with Crippen LogP contribution < -0.4 is 5.43 Å². The van der Waals surface area contributed by atoms with E-state index in [1.54, 1.807) is 6.21 Å². The number of aromatic amines is 1. The summed E-state index contributed by atoms with van der Waals surface area (Å²) in [5, 5.41) is 6.09. The fourth-order valence-electron chi connectivity index (χ4n) is 2.31. The molecule has 0 radical (unpaired) electrons. The number of hydrazone groups is 1. The molecule has 98 valence electrons. The summed E-state index contributed by atoms with van der Waals surface area (Å²) in [5.41, 5.74) is 5.01. The first-order valence-corrected chi connectivity index (χ1v) is 6.89. The zero-order chi connectivity index (χ0) is 13.1. The predicted octanol–water partition coefficient (Wildman–Crippen LogP) is 2.47. The number of hydrogen-bond donors (Lipinski definition) is 2. The van der Waals surface area contributed by atoms with Gasteiger partial charge in [-0.25, -0.2) is 0 Å². The molecule has 1 aliphatic heterocycles. The Hall–Kier alpha value is -1.88. The third-order valence-corrected chi connectivity index (χ3v) is 3.66. The minimum Gasteiger partial charge on any atom is -0.354 e. The van der Waals surface area contributed by atoms with Gasteiger partial charge in [0, 0.05) is 24.0 Å². The van der Waals surface area contributed by atoms with Crippen LogP contribution in [0.5, 0.6) is 0 Å². The Morgan fingerprint density at radius 1 is 1.32 bits per heavy atom. The second-order valence-corrected chi connectivity index (χ2v) is 5.07. The van der Waals surface area contributed by atoms with Gasteiger partial charge in [-0.1, -0.05) is 18.2 Å². The van der Waals surface area contributed by atoms with Crippen molar-refractivity contribution in [1.82, 2.24) is 15.3 Å². The summed E-state index contributed by atoms with van der Waals surface area (Å²) in [6.07, 6.45) is 4.20. The van der Waals surface area contributed by atoms with E-state index in [1.165, 1.54) is 18.2 Å². The molecular formula is C14H16N4S. The van der Waals surface area contributed by atoms with Crippen molar-refractivity contribution >= 4 is 34.4 Å². The van der Waals surface area contributed by atoms with Crippen LogP contribution in [0.15, 0.2) is 35.4 Å². The lowest BCUT2D eigenvalue weighted by atomic mass is 10.2. The van der Waals surface area contributed by atoms with E-state index < -0.39 is 0 Å². The number of hydrogen-bond acceptors (Lipinski definition) is 2. The topological polar surface area (TPSA) is 43.4 Å². The van der Waals surface area contributed by atoms with Crippen molar-refractivity contribution in [1.29, 1.82) is 0 Å². The fraction of sp³-hybridized carbons (Fsp3) is 0.286. The summed E-state index contributed by atoms with van der Waals surface area (Å²) < 4.78 is 0. The molecule has 2 aromatic rings. The highest BCUT2D eigenvalue weighted by Crippen LogP contribution is 2.13. The number of likely N-dealkylation sites (tertiary alicyclic amines) is 1. The van der Waals surface area contributed by atoms with Gasteiger partial charge in [-0.15, -0.1) is 0 Å². The number of H-pyrrole nitrogens is 1. The van der Waals surface area contributed by atoms with Gasteiger partial charge >= 0.3 is 0 Å². The van der Waals surface area contributed by atoms with Crippen molar-refractivity contribution in [2.75, 3.05) is 13.1 Å². The summed E-state index contributed by atoms with van der Waals surface area (Å²) in [6, 6.07) is 10.2. The van der Waals surface area contributed by atoms with E-state index in [0.29, 0.717) is 5.11 Å². The van der Waals surface area contributed by atoms with Crippen LogP contribution in [0.4, 0.5) is 0 Å². The molecule has 1 fully saturated rings. The maximum absolute atomic E-state index is 5.28. The number of benzene rings is 1. The minimum atomic E-state index is 0.713. The minimum absolute atomic E-state index is 0.713. The smallest absolute Gasteiger partial charge is 0.189 e. The van der Waals surface area contributed by atoms with Crippen molar-refractivity contribution in [3.05, 3.63) is 36.0 Å². The van der Waals surface area contributed by atoms with Gasteiger partial charge in [0.15, 0.2) is 5.11 Å². The number of nitrogens with zero attached hydrogens (tertiary/aromatic N) is 2. The summed E-state index contributed by atoms with van der Waals surface area (Å²) in [6.45, 7) is 2.07. The lowest BCUT2D eigenvalue weighted by molar-refractivity contribution is 0.509. The Morgan fingerprint density at radius 2 is 2.11 bits per heavy atom. The quantitative estimate of drug-likeness (QED) is 0.501. The Kier molecular flexibility index (Phi) is 3.46. The molecule has 3 rings (SSSR count). The molecule has 19 heavy (non-hydrogen) atoms. The van der Waals surface area contributed by atoms with Crippen LogP contribution in [-0.2, 0) is 0 Å². The van der Waals surface area contributed by atoms with Gasteiger partial charge in [0.05, 0.1) is 11.9 Å². The molecule has 5 heteroatoms. The van der Waals surface area contributed by atoms with E-state index in [1.807, 2.05) is 12.1 Å². The third-order valence-electron chi connectivity index (χ3n) is 3.31. The number of rotatable bonds is 2. The molecule has 4 nitrogen and oxygen atoms in total. The molecule has 1 aliphatic rings. The highest BCUT2D eigenvalue weighted by molar-refractivity contribution is 7.80. The summed E-state index contributed by atoms with van der Waals surface area (Å²) in [4.78, 5) is 5.44. The molecule has 0 aliphatic carbocycles. The predicted molar refractivity (Wildman–Crippen MR) is 82.4 cm³/mol. The maximum atomic E-state index is 5.28. The van der Waals surface area contributed by atoms with Crippen LogP contribution in [0.2, 0.25) is 0 Å². The van der Waals surface area contributed by atoms with Crippen LogP contribution in [-0.4, -0.2) is 34.3 Å². The summed E-state index contributed by atoms with van der Waals surface area (Å²) >= 11 is 5.28. The van der Waals surface area contributed by atoms with Crippen molar-refractivity contribution in [3.8, 4) is 0 Å². The zero-order valence-electron chi connectivity index (χ0n) is 10.6. The van der Waals surface area contributed by atoms with Gasteiger partial charge in [0.1, 0.15) is 0 Å². The largest absolute Gasteiger partial charge is 0.354 e. The lowest BCUT2D eigenvalue weighted by Gasteiger charge is -2.16. The number of aromatic nitrogens is 1. The number of para-hydroxylation sites is 1. The van der Waals surface area contributed by atoms with Crippen LogP contribution in [0.3, 0.4) is 0 Å². The summed E-state index contributed by atoms with van der Waals surface area (Å²) in [5.74, 6) is 0. The highest BCUT2D eigenvalue weighted by Gasteiger charge is 2.13.